The summed E-state index contributed by atoms with van der Waals surface area (Å²) in [6, 6.07) is 12.7. The number of aromatic nitrogens is 1. The van der Waals surface area contributed by atoms with Gasteiger partial charge in [-0.2, -0.15) is 0 Å². The molecule has 1 unspecified atom stereocenters. The Morgan fingerprint density at radius 3 is 2.62 bits per heavy atom. The fourth-order valence-electron chi connectivity index (χ4n) is 3.52. The van der Waals surface area contributed by atoms with E-state index in [1.807, 2.05) is 24.5 Å². The highest BCUT2D eigenvalue weighted by Gasteiger charge is 2.40. The molecule has 1 atom stereocenters. The van der Waals surface area contributed by atoms with Gasteiger partial charge in [0.2, 0.25) is 5.91 Å². The van der Waals surface area contributed by atoms with Gasteiger partial charge in [-0.3, -0.25) is 9.78 Å². The van der Waals surface area contributed by atoms with Crippen molar-refractivity contribution in [3.8, 4) is 11.1 Å². The molecule has 1 aliphatic rings. The van der Waals surface area contributed by atoms with Crippen molar-refractivity contribution in [2.45, 2.75) is 45.6 Å². The minimum absolute atomic E-state index is 0.171. The maximum absolute atomic E-state index is 13.1. The van der Waals surface area contributed by atoms with Crippen LogP contribution in [0.1, 0.15) is 38.7 Å². The Hall–Kier alpha value is -2.20. The number of benzene rings is 1. The molecular weight excluding hydrogens is 324 g/mol. The molecule has 0 spiro atoms. The molecule has 1 fully saturated rings. The standard InChI is InChI=1S/C22H28N2O2/c1-3-17(2)24-21(25)22(9-13-26-14-10-22)16-18-5-4-6-20(15-18)19-7-11-23-12-8-19/h4-8,11-12,15,17H,3,9-10,13-14,16H2,1-2H3,(H,24,25). The Bertz CT molecular complexity index is 724. The van der Waals surface area contributed by atoms with Gasteiger partial charge in [0.15, 0.2) is 0 Å². The number of carbonyl (C=O) groups is 1. The van der Waals surface area contributed by atoms with Crippen molar-refractivity contribution >= 4 is 5.91 Å². The highest BCUT2D eigenvalue weighted by Crippen LogP contribution is 2.36. The van der Waals surface area contributed by atoms with Crippen molar-refractivity contribution in [2.24, 2.45) is 5.41 Å². The Kier molecular flexibility index (Phi) is 6.04. The molecule has 0 aliphatic carbocycles. The van der Waals surface area contributed by atoms with E-state index in [0.29, 0.717) is 13.2 Å². The summed E-state index contributed by atoms with van der Waals surface area (Å²) in [6.07, 6.45) is 6.85. The van der Waals surface area contributed by atoms with E-state index in [2.05, 4.69) is 48.4 Å². The van der Waals surface area contributed by atoms with Crippen molar-refractivity contribution in [3.63, 3.8) is 0 Å². The fourth-order valence-corrected chi connectivity index (χ4v) is 3.52. The molecule has 1 aromatic carbocycles. The van der Waals surface area contributed by atoms with Crippen molar-refractivity contribution in [1.82, 2.24) is 10.3 Å². The second-order valence-corrected chi connectivity index (χ2v) is 7.29. The molecule has 1 aliphatic heterocycles. The Morgan fingerprint density at radius 2 is 1.92 bits per heavy atom. The molecule has 1 N–H and O–H groups in total. The normalized spacial score (nSPS) is 17.5. The van der Waals surface area contributed by atoms with Crippen LogP contribution >= 0.6 is 0 Å². The van der Waals surface area contributed by atoms with Gasteiger partial charge in [-0.05, 0) is 61.4 Å². The van der Waals surface area contributed by atoms with E-state index in [9.17, 15) is 4.79 Å². The zero-order chi connectivity index (χ0) is 18.4. The topological polar surface area (TPSA) is 51.2 Å². The van der Waals surface area contributed by atoms with Crippen LogP contribution in [0, 0.1) is 5.41 Å². The SMILES string of the molecule is CCC(C)NC(=O)C1(Cc2cccc(-c3ccncc3)c2)CCOCC1. The summed E-state index contributed by atoms with van der Waals surface area (Å²) in [4.78, 5) is 17.2. The molecule has 0 radical (unpaired) electrons. The van der Waals surface area contributed by atoms with Crippen molar-refractivity contribution in [3.05, 3.63) is 54.4 Å². The van der Waals surface area contributed by atoms with E-state index >= 15 is 0 Å². The summed E-state index contributed by atoms with van der Waals surface area (Å²) < 4.78 is 5.55. The average Bonchev–Trinajstić information content (AvgIpc) is 2.69. The number of nitrogens with zero attached hydrogens (tertiary/aromatic N) is 1. The van der Waals surface area contributed by atoms with Gasteiger partial charge in [-0.25, -0.2) is 0 Å². The molecule has 1 aromatic heterocycles. The second-order valence-electron chi connectivity index (χ2n) is 7.29. The van der Waals surface area contributed by atoms with Crippen molar-refractivity contribution < 1.29 is 9.53 Å². The summed E-state index contributed by atoms with van der Waals surface area (Å²) in [5.41, 5.74) is 3.13. The Balaban J connectivity index is 1.84. The molecular formula is C22H28N2O2. The highest BCUT2D eigenvalue weighted by atomic mass is 16.5. The number of hydrogen-bond donors (Lipinski definition) is 1. The van der Waals surface area contributed by atoms with Crippen LogP contribution in [0.15, 0.2) is 48.8 Å². The third-order valence-electron chi connectivity index (χ3n) is 5.40. The van der Waals surface area contributed by atoms with Crippen LogP contribution in [0.4, 0.5) is 0 Å². The van der Waals surface area contributed by atoms with Crippen LogP contribution in [0.5, 0.6) is 0 Å². The summed E-state index contributed by atoms with van der Waals surface area (Å²) >= 11 is 0. The molecule has 138 valence electrons. The monoisotopic (exact) mass is 352 g/mol. The maximum atomic E-state index is 13.1. The second kappa shape index (κ2) is 8.45. The first-order valence-electron chi connectivity index (χ1n) is 9.51. The number of rotatable bonds is 6. The molecule has 1 amide bonds. The number of ether oxygens (including phenoxy) is 1. The molecule has 2 heterocycles. The van der Waals surface area contributed by atoms with E-state index in [-0.39, 0.29) is 17.4 Å². The molecule has 26 heavy (non-hydrogen) atoms. The summed E-state index contributed by atoms with van der Waals surface area (Å²) in [5, 5.41) is 3.20. The minimum atomic E-state index is -0.376. The molecule has 1 saturated heterocycles. The molecule has 0 saturated carbocycles. The number of nitrogens with one attached hydrogen (secondary N) is 1. The quantitative estimate of drug-likeness (QED) is 0.855. The van der Waals surface area contributed by atoms with Gasteiger partial charge in [-0.15, -0.1) is 0 Å². The van der Waals surface area contributed by atoms with Gasteiger partial charge in [0.1, 0.15) is 0 Å². The van der Waals surface area contributed by atoms with Crippen LogP contribution in [-0.4, -0.2) is 30.1 Å². The lowest BCUT2D eigenvalue weighted by atomic mass is 9.74. The summed E-state index contributed by atoms with van der Waals surface area (Å²) in [6.45, 7) is 5.46. The van der Waals surface area contributed by atoms with Crippen LogP contribution in [-0.2, 0) is 16.0 Å². The number of amides is 1. The third-order valence-corrected chi connectivity index (χ3v) is 5.40. The average molecular weight is 352 g/mol. The predicted molar refractivity (Wildman–Crippen MR) is 104 cm³/mol. The largest absolute Gasteiger partial charge is 0.381 e. The van der Waals surface area contributed by atoms with Gasteiger partial charge in [-0.1, -0.05) is 31.2 Å². The van der Waals surface area contributed by atoms with E-state index in [4.69, 9.17) is 4.74 Å². The zero-order valence-electron chi connectivity index (χ0n) is 15.7. The van der Waals surface area contributed by atoms with Crippen molar-refractivity contribution in [1.29, 1.82) is 0 Å². The lowest BCUT2D eigenvalue weighted by Gasteiger charge is -2.37. The van der Waals surface area contributed by atoms with Crippen LogP contribution < -0.4 is 5.32 Å². The smallest absolute Gasteiger partial charge is 0.226 e. The van der Waals surface area contributed by atoms with Gasteiger partial charge >= 0.3 is 0 Å². The predicted octanol–water partition coefficient (Wildman–Crippen LogP) is 4.00. The first-order valence-corrected chi connectivity index (χ1v) is 9.51. The van der Waals surface area contributed by atoms with Gasteiger partial charge in [0, 0.05) is 31.6 Å². The molecule has 4 heteroatoms. The molecule has 4 nitrogen and oxygen atoms in total. The van der Waals surface area contributed by atoms with E-state index < -0.39 is 0 Å². The fraction of sp³-hybridized carbons (Fsp3) is 0.455. The summed E-state index contributed by atoms with van der Waals surface area (Å²) in [7, 11) is 0. The molecule has 2 aromatic rings. The zero-order valence-corrected chi connectivity index (χ0v) is 15.7. The third kappa shape index (κ3) is 4.31. The highest BCUT2D eigenvalue weighted by molar-refractivity contribution is 5.83. The van der Waals surface area contributed by atoms with E-state index in [0.717, 1.165) is 36.8 Å². The summed E-state index contributed by atoms with van der Waals surface area (Å²) in [5.74, 6) is 0.171. The van der Waals surface area contributed by atoms with Gasteiger partial charge in [0.05, 0.1) is 5.41 Å². The van der Waals surface area contributed by atoms with Crippen LogP contribution in [0.3, 0.4) is 0 Å². The van der Waals surface area contributed by atoms with Crippen LogP contribution in [0.2, 0.25) is 0 Å². The van der Waals surface area contributed by atoms with Crippen LogP contribution in [0.25, 0.3) is 11.1 Å². The lowest BCUT2D eigenvalue weighted by Crippen LogP contribution is -2.48. The lowest BCUT2D eigenvalue weighted by molar-refractivity contribution is -0.137. The van der Waals surface area contributed by atoms with E-state index in [1.165, 1.54) is 5.56 Å². The number of pyridine rings is 1. The first kappa shape index (κ1) is 18.6. The van der Waals surface area contributed by atoms with Gasteiger partial charge in [0.25, 0.3) is 0 Å². The van der Waals surface area contributed by atoms with E-state index in [1.54, 1.807) is 0 Å². The minimum Gasteiger partial charge on any atom is -0.381 e. The van der Waals surface area contributed by atoms with Gasteiger partial charge < -0.3 is 10.1 Å². The Labute approximate surface area is 156 Å². The molecule has 0 bridgehead atoms. The first-order chi connectivity index (χ1) is 12.6. The van der Waals surface area contributed by atoms with Crippen molar-refractivity contribution in [2.75, 3.05) is 13.2 Å². The maximum Gasteiger partial charge on any atom is 0.226 e. The number of carbonyl (C=O) groups excluding carboxylic acids is 1. The number of hydrogen-bond acceptors (Lipinski definition) is 3. The molecule has 3 rings (SSSR count). The Morgan fingerprint density at radius 1 is 1.19 bits per heavy atom.